The van der Waals surface area contributed by atoms with Crippen LogP contribution in [0, 0.1) is 0 Å². The lowest BCUT2D eigenvalue weighted by atomic mass is 10.1. The molecule has 0 bridgehead atoms. The highest BCUT2D eigenvalue weighted by Crippen LogP contribution is 2.10. The molecular weight excluding hydrogens is 149 g/mol. The number of halogens is 1. The molecule has 0 aromatic carbocycles. The summed E-state index contributed by atoms with van der Waals surface area (Å²) in [5, 5.41) is 11.3. The molecule has 1 heterocycles. The summed E-state index contributed by atoms with van der Waals surface area (Å²) in [6.07, 6.45) is -0.542. The van der Waals surface area contributed by atoms with E-state index < -0.39 is 6.17 Å². The topological polar surface area (TPSA) is 41.5 Å². The molecule has 2 N–H and O–H groups in total. The lowest BCUT2D eigenvalue weighted by molar-refractivity contribution is -0.0305. The summed E-state index contributed by atoms with van der Waals surface area (Å²) in [5.74, 6) is 0. The Balaban J connectivity index is 2.18. The summed E-state index contributed by atoms with van der Waals surface area (Å²) in [5.41, 5.74) is 0. The van der Waals surface area contributed by atoms with E-state index >= 15 is 0 Å². The molecule has 66 valence electrons. The first-order chi connectivity index (χ1) is 5.34. The molecule has 0 radical (unpaired) electrons. The van der Waals surface area contributed by atoms with Gasteiger partial charge in [-0.3, -0.25) is 0 Å². The lowest BCUT2D eigenvalue weighted by Gasteiger charge is -2.26. The second-order valence-electron chi connectivity index (χ2n) is 2.64. The minimum absolute atomic E-state index is 0.0311. The van der Waals surface area contributed by atoms with Crippen molar-refractivity contribution in [3.05, 3.63) is 0 Å². The first kappa shape index (κ1) is 8.90. The zero-order valence-electron chi connectivity index (χ0n) is 6.42. The van der Waals surface area contributed by atoms with Crippen LogP contribution in [0.1, 0.15) is 6.42 Å². The van der Waals surface area contributed by atoms with Crippen LogP contribution in [0.3, 0.4) is 0 Å². The molecule has 2 atom stereocenters. The van der Waals surface area contributed by atoms with Crippen LogP contribution in [0.5, 0.6) is 0 Å². The molecule has 11 heavy (non-hydrogen) atoms. The third-order valence-electron chi connectivity index (χ3n) is 1.77. The maximum atomic E-state index is 12.9. The Labute approximate surface area is 65.5 Å². The third kappa shape index (κ3) is 2.73. The maximum Gasteiger partial charge on any atom is 0.139 e. The van der Waals surface area contributed by atoms with Gasteiger partial charge in [0.15, 0.2) is 0 Å². The molecule has 1 saturated heterocycles. The van der Waals surface area contributed by atoms with Crippen molar-refractivity contribution in [1.29, 1.82) is 0 Å². The van der Waals surface area contributed by atoms with Crippen LogP contribution in [0.25, 0.3) is 0 Å². The van der Waals surface area contributed by atoms with Crippen molar-refractivity contribution in [1.82, 2.24) is 5.32 Å². The zero-order chi connectivity index (χ0) is 8.10. The molecule has 0 aromatic rings. The first-order valence-corrected chi connectivity index (χ1v) is 3.92. The molecule has 1 rings (SSSR count). The van der Waals surface area contributed by atoms with Crippen molar-refractivity contribution in [3.63, 3.8) is 0 Å². The Kier molecular flexibility index (Phi) is 3.76. The minimum atomic E-state index is -0.921. The van der Waals surface area contributed by atoms with E-state index in [1.165, 1.54) is 0 Å². The standard InChI is InChI=1S/C7H14FNO2/c8-6-5-9-2-1-7(6)11-4-3-10/h6-7,9-10H,1-5H2. The van der Waals surface area contributed by atoms with Gasteiger partial charge in [0, 0.05) is 6.54 Å². The van der Waals surface area contributed by atoms with Crippen LogP contribution in [-0.2, 0) is 4.74 Å². The number of nitrogens with one attached hydrogen (secondary N) is 1. The highest BCUT2D eigenvalue weighted by Gasteiger charge is 2.24. The van der Waals surface area contributed by atoms with E-state index in [0.29, 0.717) is 13.0 Å². The molecule has 1 aliphatic heterocycles. The van der Waals surface area contributed by atoms with Crippen molar-refractivity contribution in [3.8, 4) is 0 Å². The quantitative estimate of drug-likeness (QED) is 0.600. The molecule has 0 amide bonds. The number of hydrogen-bond acceptors (Lipinski definition) is 3. The second-order valence-corrected chi connectivity index (χ2v) is 2.64. The van der Waals surface area contributed by atoms with Gasteiger partial charge in [-0.2, -0.15) is 0 Å². The molecule has 1 aliphatic rings. The molecule has 0 aromatic heterocycles. The Morgan fingerprint density at radius 3 is 3.09 bits per heavy atom. The highest BCUT2D eigenvalue weighted by molar-refractivity contribution is 4.77. The van der Waals surface area contributed by atoms with Crippen molar-refractivity contribution >= 4 is 0 Å². The molecule has 0 aliphatic carbocycles. The molecule has 3 nitrogen and oxygen atoms in total. The minimum Gasteiger partial charge on any atom is -0.394 e. The summed E-state index contributed by atoms with van der Waals surface area (Å²) < 4.78 is 18.0. The predicted octanol–water partition coefficient (Wildman–Crippen LogP) is -0.305. The van der Waals surface area contributed by atoms with Crippen molar-refractivity contribution < 1.29 is 14.2 Å². The first-order valence-electron chi connectivity index (χ1n) is 3.92. The fourth-order valence-electron chi connectivity index (χ4n) is 1.19. The van der Waals surface area contributed by atoms with Crippen molar-refractivity contribution in [2.75, 3.05) is 26.3 Å². The van der Waals surface area contributed by atoms with E-state index in [-0.39, 0.29) is 19.3 Å². The number of hydrogen-bond donors (Lipinski definition) is 2. The van der Waals surface area contributed by atoms with E-state index in [1.54, 1.807) is 0 Å². The summed E-state index contributed by atoms with van der Waals surface area (Å²) in [4.78, 5) is 0. The molecule has 1 fully saturated rings. The molecule has 2 unspecified atom stereocenters. The van der Waals surface area contributed by atoms with Crippen LogP contribution < -0.4 is 5.32 Å². The number of alkyl halides is 1. The maximum absolute atomic E-state index is 12.9. The normalized spacial score (nSPS) is 32.2. The highest BCUT2D eigenvalue weighted by atomic mass is 19.1. The van der Waals surface area contributed by atoms with Crippen LogP contribution in [0.15, 0.2) is 0 Å². The van der Waals surface area contributed by atoms with Gasteiger partial charge < -0.3 is 15.2 Å². The molecule has 0 spiro atoms. The summed E-state index contributed by atoms with van der Waals surface area (Å²) in [6.45, 7) is 1.38. The number of aliphatic hydroxyl groups is 1. The number of rotatable bonds is 3. The van der Waals surface area contributed by atoms with E-state index in [4.69, 9.17) is 9.84 Å². The van der Waals surface area contributed by atoms with E-state index in [9.17, 15) is 4.39 Å². The van der Waals surface area contributed by atoms with Crippen molar-refractivity contribution in [2.24, 2.45) is 0 Å². The van der Waals surface area contributed by atoms with Gasteiger partial charge in [0.05, 0.1) is 19.3 Å². The van der Waals surface area contributed by atoms with E-state index in [2.05, 4.69) is 5.32 Å². The molecule has 4 heteroatoms. The number of ether oxygens (including phenoxy) is 1. The average molecular weight is 163 g/mol. The monoisotopic (exact) mass is 163 g/mol. The van der Waals surface area contributed by atoms with Gasteiger partial charge in [0.2, 0.25) is 0 Å². The largest absolute Gasteiger partial charge is 0.394 e. The Morgan fingerprint density at radius 2 is 2.45 bits per heavy atom. The fourth-order valence-corrected chi connectivity index (χ4v) is 1.19. The van der Waals surface area contributed by atoms with E-state index in [0.717, 1.165) is 6.54 Å². The second kappa shape index (κ2) is 4.64. The average Bonchev–Trinajstić information content (AvgIpc) is 2.03. The Hall–Kier alpha value is -0.190. The van der Waals surface area contributed by atoms with Crippen LogP contribution in [0.2, 0.25) is 0 Å². The van der Waals surface area contributed by atoms with Gasteiger partial charge in [-0.15, -0.1) is 0 Å². The summed E-state index contributed by atoms with van der Waals surface area (Å²) in [7, 11) is 0. The van der Waals surface area contributed by atoms with Gasteiger partial charge in [-0.05, 0) is 13.0 Å². The van der Waals surface area contributed by atoms with Gasteiger partial charge >= 0.3 is 0 Å². The van der Waals surface area contributed by atoms with Crippen LogP contribution in [-0.4, -0.2) is 43.7 Å². The molecule has 0 saturated carbocycles. The van der Waals surface area contributed by atoms with Crippen molar-refractivity contribution in [2.45, 2.75) is 18.7 Å². The Morgan fingerprint density at radius 1 is 1.64 bits per heavy atom. The number of aliphatic hydroxyl groups excluding tert-OH is 1. The van der Waals surface area contributed by atoms with Gasteiger partial charge in [0.1, 0.15) is 6.17 Å². The predicted molar refractivity (Wildman–Crippen MR) is 39.2 cm³/mol. The fraction of sp³-hybridized carbons (Fsp3) is 1.00. The summed E-state index contributed by atoms with van der Waals surface area (Å²) in [6, 6.07) is 0. The summed E-state index contributed by atoms with van der Waals surface area (Å²) >= 11 is 0. The number of piperidine rings is 1. The smallest absolute Gasteiger partial charge is 0.139 e. The lowest BCUT2D eigenvalue weighted by Crippen LogP contribution is -2.43. The zero-order valence-corrected chi connectivity index (χ0v) is 6.42. The van der Waals surface area contributed by atoms with Gasteiger partial charge in [0.25, 0.3) is 0 Å². The third-order valence-corrected chi connectivity index (χ3v) is 1.77. The SMILES string of the molecule is OCCOC1CCNCC1F. The Bertz CT molecular complexity index is 113. The van der Waals surface area contributed by atoms with Gasteiger partial charge in [-0.25, -0.2) is 4.39 Å². The van der Waals surface area contributed by atoms with E-state index in [1.807, 2.05) is 0 Å². The molecular formula is C7H14FNO2. The van der Waals surface area contributed by atoms with Crippen LogP contribution in [0.4, 0.5) is 4.39 Å². The van der Waals surface area contributed by atoms with Crippen LogP contribution >= 0.6 is 0 Å². The van der Waals surface area contributed by atoms with Gasteiger partial charge in [-0.1, -0.05) is 0 Å².